The van der Waals surface area contributed by atoms with Crippen LogP contribution in [0.3, 0.4) is 0 Å². The number of anilines is 2. The van der Waals surface area contributed by atoms with E-state index in [9.17, 15) is 9.59 Å². The van der Waals surface area contributed by atoms with Crippen molar-refractivity contribution in [3.05, 3.63) is 90.0 Å². The Hall–Kier alpha value is -3.55. The summed E-state index contributed by atoms with van der Waals surface area (Å²) < 4.78 is 6.87. The number of nitrogens with zero attached hydrogens (tertiary/aromatic N) is 1. The van der Waals surface area contributed by atoms with Gasteiger partial charge in [-0.15, -0.1) is 0 Å². The molecular formula is C24H21N3O3S. The summed E-state index contributed by atoms with van der Waals surface area (Å²) >= 11 is 1.34. The summed E-state index contributed by atoms with van der Waals surface area (Å²) in [4.78, 5) is 28.2. The Morgan fingerprint density at radius 3 is 2.19 bits per heavy atom. The van der Waals surface area contributed by atoms with Gasteiger partial charge in [0.25, 0.3) is 5.91 Å². The lowest BCUT2D eigenvalue weighted by atomic mass is 10.0. The van der Waals surface area contributed by atoms with Gasteiger partial charge in [0, 0.05) is 12.6 Å². The SMILES string of the molecule is CC(=O)Nc1ccc2nc(NC(=O)COC(c3ccccc3)c3ccccc3)sc2c1. The third-order valence-corrected chi connectivity index (χ3v) is 5.47. The maximum absolute atomic E-state index is 12.5. The summed E-state index contributed by atoms with van der Waals surface area (Å²) in [6, 6.07) is 25.0. The highest BCUT2D eigenvalue weighted by molar-refractivity contribution is 7.22. The number of rotatable bonds is 7. The minimum Gasteiger partial charge on any atom is -0.359 e. The molecule has 0 aliphatic carbocycles. The summed E-state index contributed by atoms with van der Waals surface area (Å²) in [6.45, 7) is 1.35. The van der Waals surface area contributed by atoms with E-state index in [0.717, 1.165) is 21.3 Å². The highest BCUT2D eigenvalue weighted by atomic mass is 32.1. The fraction of sp³-hybridized carbons (Fsp3) is 0.125. The number of benzene rings is 3. The lowest BCUT2D eigenvalue weighted by Crippen LogP contribution is -2.20. The minimum absolute atomic E-state index is 0.110. The van der Waals surface area contributed by atoms with Gasteiger partial charge in [-0.3, -0.25) is 14.9 Å². The van der Waals surface area contributed by atoms with Crippen molar-refractivity contribution >= 4 is 44.2 Å². The van der Waals surface area contributed by atoms with Crippen LogP contribution in [0.4, 0.5) is 10.8 Å². The van der Waals surface area contributed by atoms with E-state index in [-0.39, 0.29) is 24.5 Å². The summed E-state index contributed by atoms with van der Waals surface area (Å²) in [5.41, 5.74) is 3.40. The van der Waals surface area contributed by atoms with E-state index in [1.165, 1.54) is 18.3 Å². The first-order chi connectivity index (χ1) is 15.1. The van der Waals surface area contributed by atoms with E-state index in [0.29, 0.717) is 10.8 Å². The number of hydrogen-bond acceptors (Lipinski definition) is 5. The van der Waals surface area contributed by atoms with Crippen LogP contribution in [0.15, 0.2) is 78.9 Å². The second-order valence-corrected chi connectivity index (χ2v) is 7.97. The molecule has 3 aromatic carbocycles. The average molecular weight is 432 g/mol. The van der Waals surface area contributed by atoms with Crippen molar-refractivity contribution in [1.82, 2.24) is 4.98 Å². The molecular weight excluding hydrogens is 410 g/mol. The molecule has 0 saturated carbocycles. The van der Waals surface area contributed by atoms with Crippen molar-refractivity contribution in [1.29, 1.82) is 0 Å². The summed E-state index contributed by atoms with van der Waals surface area (Å²) in [7, 11) is 0. The molecule has 1 aromatic heterocycles. The van der Waals surface area contributed by atoms with Gasteiger partial charge in [-0.25, -0.2) is 4.98 Å². The number of nitrogens with one attached hydrogen (secondary N) is 2. The normalized spacial score (nSPS) is 10.9. The Kier molecular flexibility index (Phi) is 6.35. The Balaban J connectivity index is 1.44. The third-order valence-electron chi connectivity index (χ3n) is 4.54. The number of fused-ring (bicyclic) bond motifs is 1. The number of hydrogen-bond donors (Lipinski definition) is 2. The monoisotopic (exact) mass is 431 g/mol. The summed E-state index contributed by atoms with van der Waals surface area (Å²) in [5.74, 6) is -0.418. The Morgan fingerprint density at radius 1 is 0.935 bits per heavy atom. The summed E-state index contributed by atoms with van der Waals surface area (Å²) in [5, 5.41) is 6.04. The molecule has 4 rings (SSSR count). The zero-order chi connectivity index (χ0) is 21.6. The number of ether oxygens (including phenoxy) is 1. The van der Waals surface area contributed by atoms with Crippen LogP contribution in [0, 0.1) is 0 Å². The third kappa shape index (κ3) is 5.33. The predicted octanol–water partition coefficient (Wildman–Crippen LogP) is 5.00. The van der Waals surface area contributed by atoms with Crippen LogP contribution in [-0.2, 0) is 14.3 Å². The van der Waals surface area contributed by atoms with Gasteiger partial charge in [-0.1, -0.05) is 72.0 Å². The lowest BCUT2D eigenvalue weighted by Gasteiger charge is -2.18. The highest BCUT2D eigenvalue weighted by Crippen LogP contribution is 2.29. The van der Waals surface area contributed by atoms with Crippen molar-refractivity contribution < 1.29 is 14.3 Å². The molecule has 0 aliphatic heterocycles. The van der Waals surface area contributed by atoms with E-state index in [4.69, 9.17) is 4.74 Å². The van der Waals surface area contributed by atoms with Gasteiger partial charge in [0.05, 0.1) is 10.2 Å². The maximum Gasteiger partial charge on any atom is 0.252 e. The van der Waals surface area contributed by atoms with Crippen LogP contribution in [0.2, 0.25) is 0 Å². The quantitative estimate of drug-likeness (QED) is 0.432. The zero-order valence-corrected chi connectivity index (χ0v) is 17.7. The molecule has 0 radical (unpaired) electrons. The molecule has 156 valence electrons. The fourth-order valence-electron chi connectivity index (χ4n) is 3.21. The summed E-state index contributed by atoms with van der Waals surface area (Å²) in [6.07, 6.45) is -0.344. The van der Waals surface area contributed by atoms with Gasteiger partial charge in [-0.05, 0) is 29.3 Å². The zero-order valence-electron chi connectivity index (χ0n) is 16.9. The molecule has 0 atom stereocenters. The van der Waals surface area contributed by atoms with Crippen LogP contribution < -0.4 is 10.6 Å². The molecule has 31 heavy (non-hydrogen) atoms. The van der Waals surface area contributed by atoms with E-state index in [2.05, 4.69) is 15.6 Å². The van der Waals surface area contributed by atoms with E-state index in [1.54, 1.807) is 6.07 Å². The predicted molar refractivity (Wildman–Crippen MR) is 123 cm³/mol. The molecule has 0 fully saturated rings. The highest BCUT2D eigenvalue weighted by Gasteiger charge is 2.17. The second-order valence-electron chi connectivity index (χ2n) is 6.94. The Labute approximate surface area is 183 Å². The molecule has 6 nitrogen and oxygen atoms in total. The number of carbonyl (C=O) groups excluding carboxylic acids is 2. The van der Waals surface area contributed by atoms with Crippen LogP contribution in [0.5, 0.6) is 0 Å². The van der Waals surface area contributed by atoms with E-state index in [1.807, 2.05) is 72.8 Å². The van der Waals surface area contributed by atoms with E-state index >= 15 is 0 Å². The Morgan fingerprint density at radius 2 is 1.58 bits per heavy atom. The first kappa shape index (κ1) is 20.7. The van der Waals surface area contributed by atoms with Gasteiger partial charge in [0.2, 0.25) is 5.91 Å². The largest absolute Gasteiger partial charge is 0.359 e. The molecule has 4 aromatic rings. The van der Waals surface area contributed by atoms with Crippen molar-refractivity contribution in [2.75, 3.05) is 17.2 Å². The lowest BCUT2D eigenvalue weighted by molar-refractivity contribution is -0.122. The number of amides is 2. The topological polar surface area (TPSA) is 80.3 Å². The fourth-order valence-corrected chi connectivity index (χ4v) is 4.14. The molecule has 2 amide bonds. The van der Waals surface area contributed by atoms with Crippen LogP contribution in [0.1, 0.15) is 24.2 Å². The van der Waals surface area contributed by atoms with E-state index < -0.39 is 0 Å². The van der Waals surface area contributed by atoms with Gasteiger partial charge in [-0.2, -0.15) is 0 Å². The van der Waals surface area contributed by atoms with Crippen molar-refractivity contribution in [2.24, 2.45) is 0 Å². The molecule has 7 heteroatoms. The van der Waals surface area contributed by atoms with Crippen molar-refractivity contribution in [2.45, 2.75) is 13.0 Å². The standard InChI is InChI=1S/C24H21N3O3S/c1-16(28)25-19-12-13-20-21(14-19)31-24(26-20)27-22(29)15-30-23(17-8-4-2-5-9-17)18-10-6-3-7-11-18/h2-14,23H,15H2,1H3,(H,25,28)(H,26,27,29). The number of thiazole rings is 1. The first-order valence-electron chi connectivity index (χ1n) is 9.78. The molecule has 0 unspecified atom stereocenters. The maximum atomic E-state index is 12.5. The molecule has 0 aliphatic rings. The first-order valence-corrected chi connectivity index (χ1v) is 10.6. The molecule has 0 saturated heterocycles. The van der Waals surface area contributed by atoms with Crippen LogP contribution in [-0.4, -0.2) is 23.4 Å². The number of carbonyl (C=O) groups is 2. The molecule has 2 N–H and O–H groups in total. The van der Waals surface area contributed by atoms with Gasteiger partial charge < -0.3 is 10.1 Å². The van der Waals surface area contributed by atoms with Gasteiger partial charge >= 0.3 is 0 Å². The van der Waals surface area contributed by atoms with Crippen molar-refractivity contribution in [3.63, 3.8) is 0 Å². The van der Waals surface area contributed by atoms with Gasteiger partial charge in [0.1, 0.15) is 12.7 Å². The van der Waals surface area contributed by atoms with Crippen LogP contribution in [0.25, 0.3) is 10.2 Å². The molecule has 0 bridgehead atoms. The number of aromatic nitrogens is 1. The van der Waals surface area contributed by atoms with Crippen LogP contribution >= 0.6 is 11.3 Å². The average Bonchev–Trinajstić information content (AvgIpc) is 3.16. The smallest absolute Gasteiger partial charge is 0.252 e. The molecule has 1 heterocycles. The Bertz CT molecular complexity index is 1150. The molecule has 0 spiro atoms. The minimum atomic E-state index is -0.344. The van der Waals surface area contributed by atoms with Gasteiger partial charge in [0.15, 0.2) is 5.13 Å². The van der Waals surface area contributed by atoms with Crippen molar-refractivity contribution in [3.8, 4) is 0 Å². The second kappa shape index (κ2) is 9.51.